The van der Waals surface area contributed by atoms with Gasteiger partial charge < -0.3 is 0 Å². The molecule has 0 aliphatic heterocycles. The predicted octanol–water partition coefficient (Wildman–Crippen LogP) is 32.3. The SMILES string of the molecule is Cc1ccc(C)cc1.Cc1ccc2c(c1)C(C)(C)c1cc(C)ccc1-2.Cc1ccc2c(ccc3c4ccc(C)cc4ccc23)c1.Cc1ccc2c(ccc3cc(C)ccc32)c1.Cc1ccc2c3ccc(C)cc3c3ccccc3c2c1.Cc1ccc2cc(C)ccc2c1.Cc1ccc2ccc3c4cc(C)ccc4ccc3c2c1. The summed E-state index contributed by atoms with van der Waals surface area (Å²) in [4.78, 5) is 0. The van der Waals surface area contributed by atoms with Gasteiger partial charge in [-0.2, -0.15) is 0 Å². The highest BCUT2D eigenvalue weighted by Crippen LogP contribution is 2.49. The van der Waals surface area contributed by atoms with Crippen molar-refractivity contribution >= 4 is 129 Å². The van der Waals surface area contributed by atoms with Gasteiger partial charge in [-0.15, -0.1) is 0 Å². The molecule has 0 heteroatoms. The van der Waals surface area contributed by atoms with Crippen molar-refractivity contribution in [3.8, 4) is 11.1 Å². The molecule has 0 unspecified atom stereocenters. The number of hydrogen-bond acceptors (Lipinski definition) is 0. The maximum Gasteiger partial charge on any atom is 0.0159 e. The van der Waals surface area contributed by atoms with Crippen LogP contribution in [0.15, 0.2) is 328 Å². The van der Waals surface area contributed by atoms with E-state index in [1.807, 2.05) is 0 Å². The summed E-state index contributed by atoms with van der Waals surface area (Å²) in [5.41, 5.74) is 24.4. The molecule has 1 aliphatic rings. The molecule has 1 aliphatic carbocycles. The highest BCUT2D eigenvalue weighted by molar-refractivity contribution is 6.26. The zero-order chi connectivity index (χ0) is 78.9. The van der Waals surface area contributed by atoms with Gasteiger partial charge in [0.1, 0.15) is 0 Å². The van der Waals surface area contributed by atoms with Gasteiger partial charge in [-0.1, -0.05) is 419 Å². The highest BCUT2D eigenvalue weighted by atomic mass is 14.4. The lowest BCUT2D eigenvalue weighted by Gasteiger charge is -2.22. The summed E-state index contributed by atoms with van der Waals surface area (Å²) in [5, 5.41) is 32.2. The van der Waals surface area contributed by atoms with Crippen molar-refractivity contribution in [3.05, 3.63) is 417 Å². The van der Waals surface area contributed by atoms with Crippen LogP contribution >= 0.6 is 0 Å². The first kappa shape index (κ1) is 75.9. The Labute approximate surface area is 668 Å². The Balaban J connectivity index is 0.000000106. The lowest BCUT2D eigenvalue weighted by atomic mass is 9.81. The Bertz CT molecular complexity index is 6600. The molecule has 0 fully saturated rings. The zero-order valence-corrected chi connectivity index (χ0v) is 68.7. The van der Waals surface area contributed by atoms with E-state index in [1.54, 1.807) is 0 Å². The molecule has 0 spiro atoms. The third kappa shape index (κ3) is 16.2. The van der Waals surface area contributed by atoms with Crippen molar-refractivity contribution in [3.63, 3.8) is 0 Å². The Kier molecular flexibility index (Phi) is 21.6. The molecule has 0 N–H and O–H groups in total. The van der Waals surface area contributed by atoms with Gasteiger partial charge in [0.2, 0.25) is 0 Å². The minimum atomic E-state index is 0.142. The number of rotatable bonds is 0. The quantitative estimate of drug-likeness (QED) is 0.133. The smallest absolute Gasteiger partial charge is 0.0159 e. The van der Waals surface area contributed by atoms with Crippen LogP contribution in [0.4, 0.5) is 0 Å². The average molecular weight is 1460 g/mol. The van der Waals surface area contributed by atoms with Crippen LogP contribution in [0.1, 0.15) is 103 Å². The molecule has 20 aromatic rings. The third-order valence-electron chi connectivity index (χ3n) is 22.9. The summed E-state index contributed by atoms with van der Waals surface area (Å²) in [6.07, 6.45) is 0. The van der Waals surface area contributed by atoms with Crippen LogP contribution in [0, 0.1) is 96.9 Å². The van der Waals surface area contributed by atoms with Gasteiger partial charge in [0.25, 0.3) is 0 Å². The molecule has 0 heterocycles. The molecule has 0 aromatic heterocycles. The van der Waals surface area contributed by atoms with E-state index in [1.165, 1.54) is 229 Å². The monoisotopic (exact) mass is 1460 g/mol. The second kappa shape index (κ2) is 32.1. The fourth-order valence-corrected chi connectivity index (χ4v) is 16.8. The summed E-state index contributed by atoms with van der Waals surface area (Å²) in [7, 11) is 0. The van der Waals surface area contributed by atoms with Crippen molar-refractivity contribution in [2.75, 3.05) is 0 Å². The molecule has 21 rings (SSSR count). The maximum atomic E-state index is 2.34. The van der Waals surface area contributed by atoms with Gasteiger partial charge in [-0.3, -0.25) is 0 Å². The van der Waals surface area contributed by atoms with Crippen LogP contribution in [-0.4, -0.2) is 0 Å². The summed E-state index contributed by atoms with van der Waals surface area (Å²) in [6, 6.07) is 120. The molecular weight excluding hydrogens is 1360 g/mol. The number of hydrogen-bond donors (Lipinski definition) is 0. The zero-order valence-electron chi connectivity index (χ0n) is 68.7. The van der Waals surface area contributed by atoms with Crippen LogP contribution < -0.4 is 0 Å². The molecule has 0 saturated heterocycles. The second-order valence-corrected chi connectivity index (χ2v) is 32.7. The molecule has 554 valence electrons. The minimum absolute atomic E-state index is 0.142. The normalized spacial score (nSPS) is 11.8. The first-order valence-electron chi connectivity index (χ1n) is 40.1. The largest absolute Gasteiger partial charge is 0.0616 e. The van der Waals surface area contributed by atoms with Crippen molar-refractivity contribution in [1.82, 2.24) is 0 Å². The number of aryl methyl sites for hydroxylation is 14. The molecule has 0 nitrogen and oxygen atoms in total. The topological polar surface area (TPSA) is 0 Å². The standard InChI is InChI=1S/3C20H16.C17H18.C16H14.C12H12.C8H10/c1-13-3-7-17-15(11-13)5-9-20-18-8-4-14(2)12-16(18)6-10-19(17)20;1-13-3-5-15-7-10-18-17(19(15)11-13)9-8-16-6-4-14(2)12-20(16)18;1-13-7-9-17-18-10-8-14(2)12-20(18)16-6-4-3-5-15(16)19(17)11-13;1-11-5-7-13-14-8-6-12(2)10-16(14)17(3,4)15(13)9-11;1-11-3-7-15-13(9-11)5-6-14-10-12(2)4-8-16(14)15;1-9-3-5-12-8-10(2)4-6-11(12)7-9;1-7-3-5-8(2)6-4-7/h3*3-12H,1-2H3;5-10H,1-4H3;3-10H,1-2H3;3-8H,1-2H3;3-6H,1-2H3. The Morgan fingerprint density at radius 3 is 0.655 bits per heavy atom. The Hall–Kier alpha value is -12.5. The Morgan fingerprint density at radius 1 is 0.133 bits per heavy atom. The van der Waals surface area contributed by atoms with Gasteiger partial charge in [0, 0.05) is 5.41 Å². The van der Waals surface area contributed by atoms with E-state index >= 15 is 0 Å². The number of benzene rings is 20. The van der Waals surface area contributed by atoms with E-state index in [0.717, 1.165) is 0 Å². The predicted molar refractivity (Wildman–Crippen MR) is 499 cm³/mol. The van der Waals surface area contributed by atoms with Gasteiger partial charge in [-0.05, 0) is 248 Å². The lowest BCUT2D eigenvalue weighted by molar-refractivity contribution is 0.659. The minimum Gasteiger partial charge on any atom is -0.0616 e. The third-order valence-corrected chi connectivity index (χ3v) is 22.9. The summed E-state index contributed by atoms with van der Waals surface area (Å²) < 4.78 is 0. The van der Waals surface area contributed by atoms with Crippen LogP contribution in [0.25, 0.3) is 140 Å². The van der Waals surface area contributed by atoms with Crippen LogP contribution in [0.5, 0.6) is 0 Å². The molecule has 0 bridgehead atoms. The van der Waals surface area contributed by atoms with Gasteiger partial charge >= 0.3 is 0 Å². The van der Waals surface area contributed by atoms with E-state index in [2.05, 4.69) is 438 Å². The highest BCUT2D eigenvalue weighted by Gasteiger charge is 2.35. The molecule has 0 amide bonds. The summed E-state index contributed by atoms with van der Waals surface area (Å²) in [6.45, 7) is 34.6. The summed E-state index contributed by atoms with van der Waals surface area (Å²) >= 11 is 0. The second-order valence-electron chi connectivity index (χ2n) is 32.7. The van der Waals surface area contributed by atoms with E-state index in [-0.39, 0.29) is 5.41 Å². The molecule has 113 heavy (non-hydrogen) atoms. The average Bonchev–Trinajstić information content (AvgIpc) is 1.58. The fourth-order valence-electron chi connectivity index (χ4n) is 16.8. The van der Waals surface area contributed by atoms with Crippen LogP contribution in [0.2, 0.25) is 0 Å². The lowest BCUT2D eigenvalue weighted by Crippen LogP contribution is -2.15. The van der Waals surface area contributed by atoms with E-state index in [9.17, 15) is 0 Å². The van der Waals surface area contributed by atoms with Gasteiger partial charge in [0.05, 0.1) is 0 Å². The van der Waals surface area contributed by atoms with Crippen molar-refractivity contribution < 1.29 is 0 Å². The Morgan fingerprint density at radius 2 is 0.319 bits per heavy atom. The van der Waals surface area contributed by atoms with Crippen LogP contribution in [0.3, 0.4) is 0 Å². The summed E-state index contributed by atoms with van der Waals surface area (Å²) in [5.74, 6) is 0. The maximum absolute atomic E-state index is 2.34. The van der Waals surface area contributed by atoms with Crippen molar-refractivity contribution in [2.24, 2.45) is 0 Å². The molecule has 0 atom stereocenters. The van der Waals surface area contributed by atoms with Crippen molar-refractivity contribution in [2.45, 2.75) is 116 Å². The fraction of sp³-hybridized carbons (Fsp3) is 0.150. The number of fused-ring (bicyclic) bond motifs is 23. The van der Waals surface area contributed by atoms with E-state index < -0.39 is 0 Å². The van der Waals surface area contributed by atoms with Crippen molar-refractivity contribution in [1.29, 1.82) is 0 Å². The van der Waals surface area contributed by atoms with Gasteiger partial charge in [-0.25, -0.2) is 0 Å². The van der Waals surface area contributed by atoms with Gasteiger partial charge in [0.15, 0.2) is 0 Å². The molecule has 0 saturated carbocycles. The first-order chi connectivity index (χ1) is 54.5. The molecular formula is C113H102. The van der Waals surface area contributed by atoms with E-state index in [4.69, 9.17) is 0 Å². The molecule has 20 aromatic carbocycles. The first-order valence-corrected chi connectivity index (χ1v) is 40.1. The van der Waals surface area contributed by atoms with E-state index in [0.29, 0.717) is 0 Å². The van der Waals surface area contributed by atoms with Crippen LogP contribution in [-0.2, 0) is 5.41 Å². The molecule has 0 radical (unpaired) electrons.